The van der Waals surface area contributed by atoms with Gasteiger partial charge in [-0.3, -0.25) is 18.9 Å². The van der Waals surface area contributed by atoms with Gasteiger partial charge in [-0.1, -0.05) is 60.2 Å². The lowest BCUT2D eigenvalue weighted by molar-refractivity contribution is 0.123. The Hall–Kier alpha value is -3.45. The Bertz CT molecular complexity index is 1330. The average molecular weight is 433 g/mol. The van der Waals surface area contributed by atoms with Crippen LogP contribution in [0.3, 0.4) is 0 Å². The fourth-order valence-electron chi connectivity index (χ4n) is 4.15. The van der Waals surface area contributed by atoms with Crippen LogP contribution in [0.4, 0.5) is 0 Å². The summed E-state index contributed by atoms with van der Waals surface area (Å²) in [5.74, 6) is 0.476. The quantitative estimate of drug-likeness (QED) is 0.468. The predicted molar refractivity (Wildman–Crippen MR) is 126 cm³/mol. The first-order chi connectivity index (χ1) is 15.4. The number of rotatable bonds is 7. The van der Waals surface area contributed by atoms with Crippen LogP contribution in [0.25, 0.3) is 22.6 Å². The number of aromatic amines is 1. The second kappa shape index (κ2) is 8.96. The molecule has 0 aliphatic rings. The average Bonchev–Trinajstić information content (AvgIpc) is 3.11. The summed E-state index contributed by atoms with van der Waals surface area (Å²) in [5, 5.41) is 10.5. The van der Waals surface area contributed by atoms with Crippen molar-refractivity contribution in [2.45, 2.75) is 45.3 Å². The molecular formula is C25H28N4O3. The minimum atomic E-state index is -0.781. The first-order valence-corrected chi connectivity index (χ1v) is 10.9. The summed E-state index contributed by atoms with van der Waals surface area (Å²) < 4.78 is 2.89. The number of nitrogens with one attached hydrogen (secondary N) is 1. The van der Waals surface area contributed by atoms with Gasteiger partial charge in [-0.15, -0.1) is 0 Å². The van der Waals surface area contributed by atoms with Crippen molar-refractivity contribution in [3.63, 3.8) is 0 Å². The lowest BCUT2D eigenvalue weighted by Gasteiger charge is -2.21. The molecule has 0 bridgehead atoms. The maximum atomic E-state index is 13.0. The van der Waals surface area contributed by atoms with Gasteiger partial charge in [0.15, 0.2) is 11.2 Å². The zero-order chi connectivity index (χ0) is 22.8. The molecule has 0 saturated carbocycles. The van der Waals surface area contributed by atoms with E-state index in [2.05, 4.69) is 17.1 Å². The van der Waals surface area contributed by atoms with Gasteiger partial charge in [0, 0.05) is 12.6 Å². The smallest absolute Gasteiger partial charge is 0.328 e. The number of hydrogen-bond donors (Lipinski definition) is 2. The predicted octanol–water partition coefficient (Wildman–Crippen LogP) is 3.34. The van der Waals surface area contributed by atoms with Crippen LogP contribution >= 0.6 is 0 Å². The number of benzene rings is 2. The maximum absolute atomic E-state index is 13.0. The molecule has 4 aromatic rings. The highest BCUT2D eigenvalue weighted by Crippen LogP contribution is 2.23. The highest BCUT2D eigenvalue weighted by Gasteiger charge is 2.25. The van der Waals surface area contributed by atoms with Crippen molar-refractivity contribution in [1.82, 2.24) is 19.1 Å². The molecule has 0 saturated heterocycles. The van der Waals surface area contributed by atoms with Crippen LogP contribution in [0, 0.1) is 6.92 Å². The number of fused-ring (bicyclic) bond motifs is 1. The topological polar surface area (TPSA) is 92.9 Å². The van der Waals surface area contributed by atoms with Gasteiger partial charge in [0.1, 0.15) is 5.82 Å². The molecule has 0 aliphatic heterocycles. The molecule has 4 rings (SSSR count). The fourth-order valence-corrected chi connectivity index (χ4v) is 4.15. The van der Waals surface area contributed by atoms with Gasteiger partial charge in [-0.2, -0.15) is 0 Å². The van der Waals surface area contributed by atoms with Crippen LogP contribution in [0.2, 0.25) is 0 Å². The van der Waals surface area contributed by atoms with Gasteiger partial charge in [-0.25, -0.2) is 9.78 Å². The van der Waals surface area contributed by atoms with Crippen molar-refractivity contribution < 1.29 is 5.11 Å². The Morgan fingerprint density at radius 1 is 1.06 bits per heavy atom. The minimum absolute atomic E-state index is 0.155. The van der Waals surface area contributed by atoms with E-state index >= 15 is 0 Å². The Morgan fingerprint density at radius 3 is 2.41 bits per heavy atom. The monoisotopic (exact) mass is 432 g/mol. The van der Waals surface area contributed by atoms with E-state index in [0.717, 1.165) is 24.0 Å². The van der Waals surface area contributed by atoms with Gasteiger partial charge in [-0.05, 0) is 38.7 Å². The third-order valence-electron chi connectivity index (χ3n) is 5.96. The van der Waals surface area contributed by atoms with E-state index < -0.39 is 17.8 Å². The van der Waals surface area contributed by atoms with Crippen LogP contribution in [0.15, 0.2) is 64.2 Å². The van der Waals surface area contributed by atoms with E-state index in [-0.39, 0.29) is 16.7 Å². The molecule has 2 heterocycles. The number of nitrogens with zero attached hydrogens (tertiary/aromatic N) is 3. The third kappa shape index (κ3) is 4.16. The molecule has 32 heavy (non-hydrogen) atoms. The molecule has 166 valence electrons. The molecule has 0 spiro atoms. The Balaban J connectivity index is 1.76. The lowest BCUT2D eigenvalue weighted by Crippen LogP contribution is -2.30. The molecule has 2 atom stereocenters. The summed E-state index contributed by atoms with van der Waals surface area (Å²) in [7, 11) is 1.64. The van der Waals surface area contributed by atoms with E-state index in [0.29, 0.717) is 12.2 Å². The van der Waals surface area contributed by atoms with Crippen LogP contribution in [0.5, 0.6) is 0 Å². The number of hydrogen-bond acceptors (Lipinski definition) is 4. The van der Waals surface area contributed by atoms with Gasteiger partial charge < -0.3 is 5.11 Å². The van der Waals surface area contributed by atoms with Crippen molar-refractivity contribution in [2.24, 2.45) is 7.05 Å². The molecule has 7 nitrogen and oxygen atoms in total. The Morgan fingerprint density at radius 2 is 1.75 bits per heavy atom. The molecule has 2 unspecified atom stereocenters. The Labute approximate surface area is 186 Å². The van der Waals surface area contributed by atoms with Crippen molar-refractivity contribution >= 4 is 11.2 Å². The maximum Gasteiger partial charge on any atom is 0.328 e. The Kier molecular flexibility index (Phi) is 6.10. The SMILES string of the molecule is Cc1ccc(-c2nc3c([nH]c(=O)n3C(CCCc3ccccc3)C(C)O)c(=O)n2C)cc1. The zero-order valence-electron chi connectivity index (χ0n) is 18.6. The summed E-state index contributed by atoms with van der Waals surface area (Å²) in [5.41, 5.74) is 2.77. The number of aromatic nitrogens is 4. The van der Waals surface area contributed by atoms with Crippen molar-refractivity contribution in [2.75, 3.05) is 0 Å². The molecule has 0 fully saturated rings. The van der Waals surface area contributed by atoms with E-state index in [1.165, 1.54) is 14.7 Å². The third-order valence-corrected chi connectivity index (χ3v) is 5.96. The second-order valence-electron chi connectivity index (χ2n) is 8.35. The van der Waals surface area contributed by atoms with Gasteiger partial charge >= 0.3 is 5.69 Å². The standard InChI is InChI=1S/C25H28N4O3/c1-16-12-14-19(15-13-16)22-27-23-21(24(31)28(22)3)26-25(32)29(23)20(17(2)30)11-7-10-18-8-5-4-6-9-18/h4-6,8-9,12-15,17,20,30H,7,10-11H2,1-3H3,(H,26,32). The lowest BCUT2D eigenvalue weighted by atomic mass is 10.0. The van der Waals surface area contributed by atoms with Crippen LogP contribution in [0.1, 0.15) is 36.9 Å². The van der Waals surface area contributed by atoms with E-state index in [1.807, 2.05) is 49.4 Å². The molecular weight excluding hydrogens is 404 g/mol. The van der Waals surface area contributed by atoms with Gasteiger partial charge in [0.25, 0.3) is 5.56 Å². The van der Waals surface area contributed by atoms with Crippen LogP contribution in [-0.2, 0) is 13.5 Å². The summed E-state index contributed by atoms with van der Waals surface area (Å²) in [6.45, 7) is 3.66. The summed E-state index contributed by atoms with van der Waals surface area (Å²) in [4.78, 5) is 33.3. The molecule has 2 N–H and O–H groups in total. The largest absolute Gasteiger partial charge is 0.391 e. The van der Waals surface area contributed by atoms with E-state index in [1.54, 1.807) is 14.0 Å². The normalized spacial score (nSPS) is 13.4. The fraction of sp³-hybridized carbons (Fsp3) is 0.320. The molecule has 0 radical (unpaired) electrons. The summed E-state index contributed by atoms with van der Waals surface area (Å²) in [6, 6.07) is 17.3. The molecule has 0 amide bonds. The van der Waals surface area contributed by atoms with Crippen molar-refractivity contribution in [3.8, 4) is 11.4 Å². The first kappa shape index (κ1) is 21.8. The number of aliphatic hydroxyl groups is 1. The number of aryl methyl sites for hydroxylation is 2. The van der Waals surface area contributed by atoms with Crippen LogP contribution < -0.4 is 11.2 Å². The van der Waals surface area contributed by atoms with Gasteiger partial charge in [0.05, 0.1) is 12.1 Å². The number of H-pyrrole nitrogens is 1. The molecule has 7 heteroatoms. The van der Waals surface area contributed by atoms with Gasteiger partial charge in [0.2, 0.25) is 0 Å². The molecule has 2 aromatic carbocycles. The first-order valence-electron chi connectivity index (χ1n) is 10.9. The zero-order valence-corrected chi connectivity index (χ0v) is 18.6. The number of aliphatic hydroxyl groups excluding tert-OH is 1. The molecule has 2 aromatic heterocycles. The minimum Gasteiger partial charge on any atom is -0.391 e. The second-order valence-corrected chi connectivity index (χ2v) is 8.35. The van der Waals surface area contributed by atoms with E-state index in [4.69, 9.17) is 4.98 Å². The summed E-state index contributed by atoms with van der Waals surface area (Å²) in [6.07, 6.45) is 1.42. The highest BCUT2D eigenvalue weighted by atomic mass is 16.3. The van der Waals surface area contributed by atoms with E-state index in [9.17, 15) is 14.7 Å². The van der Waals surface area contributed by atoms with Crippen LogP contribution in [-0.4, -0.2) is 30.3 Å². The molecule has 0 aliphatic carbocycles. The highest BCUT2D eigenvalue weighted by molar-refractivity contribution is 5.73. The van der Waals surface area contributed by atoms with Crippen molar-refractivity contribution in [1.29, 1.82) is 0 Å². The summed E-state index contributed by atoms with van der Waals surface area (Å²) >= 11 is 0. The van der Waals surface area contributed by atoms with Crippen molar-refractivity contribution in [3.05, 3.63) is 86.6 Å². The number of imidazole rings is 1.